The summed E-state index contributed by atoms with van der Waals surface area (Å²) in [5.74, 6) is 0. The molecule has 0 unspecified atom stereocenters. The van der Waals surface area contributed by atoms with E-state index in [1.165, 1.54) is 143 Å². The maximum absolute atomic E-state index is 6.80. The molecular formula is C137H92N2O3. The molecule has 1 aliphatic rings. The zero-order chi connectivity index (χ0) is 94.3. The molecule has 0 aliphatic heterocycles. The molecular weight excluding hydrogens is 1720 g/mol. The lowest BCUT2D eigenvalue weighted by molar-refractivity contribution is 0.660. The lowest BCUT2D eigenvalue weighted by Crippen LogP contribution is -2.17. The largest absolute Gasteiger partial charge is 0.455 e. The average Bonchev–Trinajstić information content (AvgIpc) is 1.56. The maximum Gasteiger partial charge on any atom is 0.159 e. The highest BCUT2D eigenvalue weighted by atomic mass is 16.3. The van der Waals surface area contributed by atoms with Crippen molar-refractivity contribution < 1.29 is 13.3 Å². The van der Waals surface area contributed by atoms with E-state index < -0.39 is 0 Å². The van der Waals surface area contributed by atoms with Crippen molar-refractivity contribution in [3.63, 3.8) is 0 Å². The van der Waals surface area contributed by atoms with E-state index in [1.807, 2.05) is 24.3 Å². The Hall–Kier alpha value is -18.4. The fraction of sp³-hybridized carbons (Fsp3) is 0.0219. The minimum absolute atomic E-state index is 0.114. The van der Waals surface area contributed by atoms with Crippen LogP contribution in [0.5, 0.6) is 0 Å². The molecule has 3 heterocycles. The zero-order valence-electron chi connectivity index (χ0n) is 78.3. The Morgan fingerprint density at radius 3 is 1.13 bits per heavy atom. The number of nitrogens with zero attached hydrogens (tertiary/aromatic N) is 2. The number of anilines is 6. The summed E-state index contributed by atoms with van der Waals surface area (Å²) in [5.41, 5.74) is 36.1. The van der Waals surface area contributed by atoms with Crippen molar-refractivity contribution in [1.82, 2.24) is 0 Å². The van der Waals surface area contributed by atoms with Crippen LogP contribution in [0.2, 0.25) is 0 Å². The molecule has 24 aromatic carbocycles. The Morgan fingerprint density at radius 2 is 0.528 bits per heavy atom. The summed E-state index contributed by atoms with van der Waals surface area (Å²) < 4.78 is 19.6. The molecule has 0 atom stereocenters. The van der Waals surface area contributed by atoms with E-state index in [4.69, 9.17) is 13.3 Å². The van der Waals surface area contributed by atoms with Crippen LogP contribution in [-0.2, 0) is 5.41 Å². The second-order valence-corrected chi connectivity index (χ2v) is 37.5. The van der Waals surface area contributed by atoms with E-state index >= 15 is 0 Å². The molecule has 0 spiro atoms. The first-order chi connectivity index (χ1) is 70.2. The molecule has 0 bridgehead atoms. The van der Waals surface area contributed by atoms with Gasteiger partial charge in [-0.2, -0.15) is 0 Å². The van der Waals surface area contributed by atoms with Gasteiger partial charge < -0.3 is 23.1 Å². The molecule has 0 saturated carbocycles. The topological polar surface area (TPSA) is 45.9 Å². The molecule has 668 valence electrons. The Morgan fingerprint density at radius 1 is 0.169 bits per heavy atom. The van der Waals surface area contributed by atoms with Crippen LogP contribution in [0.1, 0.15) is 25.0 Å². The van der Waals surface area contributed by atoms with E-state index in [-0.39, 0.29) is 5.41 Å². The summed E-state index contributed by atoms with van der Waals surface area (Å²) in [6, 6.07) is 187. The van der Waals surface area contributed by atoms with Crippen LogP contribution in [0.15, 0.2) is 535 Å². The van der Waals surface area contributed by atoms with Crippen LogP contribution < -0.4 is 9.80 Å². The summed E-state index contributed by atoms with van der Waals surface area (Å²) in [6.07, 6.45) is 0. The van der Waals surface area contributed by atoms with Crippen LogP contribution in [0.3, 0.4) is 0 Å². The summed E-state index contributed by atoms with van der Waals surface area (Å²) in [7, 11) is 0. The van der Waals surface area contributed by atoms with Gasteiger partial charge in [-0.3, -0.25) is 0 Å². The van der Waals surface area contributed by atoms with Crippen molar-refractivity contribution in [3.05, 3.63) is 533 Å². The van der Waals surface area contributed by atoms with Crippen LogP contribution in [0.25, 0.3) is 220 Å². The van der Waals surface area contributed by atoms with E-state index in [0.717, 1.165) is 122 Å². The number of fused-ring (bicyclic) bond motifs is 18. The number of hydrogen-bond donors (Lipinski definition) is 0. The number of rotatable bonds is 14. The molecule has 3 aromatic heterocycles. The molecule has 5 heteroatoms. The van der Waals surface area contributed by atoms with Gasteiger partial charge in [0.2, 0.25) is 0 Å². The predicted octanol–water partition coefficient (Wildman–Crippen LogP) is 39.1. The third-order valence-electron chi connectivity index (χ3n) is 29.0. The van der Waals surface area contributed by atoms with Crippen molar-refractivity contribution in [3.8, 4) is 100 Å². The van der Waals surface area contributed by atoms with Crippen molar-refractivity contribution in [1.29, 1.82) is 0 Å². The lowest BCUT2D eigenvalue weighted by Gasteiger charge is -2.29. The molecule has 28 rings (SSSR count). The van der Waals surface area contributed by atoms with Crippen molar-refractivity contribution in [2.24, 2.45) is 0 Å². The summed E-state index contributed by atoms with van der Waals surface area (Å²) in [6.45, 7) is 4.68. The standard InChI is InChI=1S/C54H35NO2.C43H31NO.C40H26/c1-2-10-36(11-3-1)37-20-22-38(23-21-37)39-24-30-42(31-25-39)55(43-32-26-40(27-33-43)45-14-8-16-49-47-12-4-6-18-51(47)56-53(45)49)44-34-28-41(29-35-44)46-15-9-17-50-48-13-5-7-19-52(48)57-54(46)50;1-43(2)36-20-10-8-18-33(36)34-25-24-30(27-37(34)43)44(38-21-11-9-16-31(38)28-13-4-3-5-14-28)39-22-12-19-35-41-32-17-7-6-15-29(32)23-26-40(41)45-42(35)39;1-2-12-31-26-32(25-22-27(31)10-1)28-20-23-30(24-21-28)39-35-15-5-7-17-37(35)40(38-18-8-6-16-36(38)39)34-19-9-13-29-11-3-4-14-33(29)34/h1-35H;3-27H,1-2H3;1-26H. The summed E-state index contributed by atoms with van der Waals surface area (Å²) in [4.78, 5) is 4.72. The Balaban J connectivity index is 0.000000111. The van der Waals surface area contributed by atoms with E-state index in [0.29, 0.717) is 0 Å². The van der Waals surface area contributed by atoms with E-state index in [1.54, 1.807) is 0 Å². The van der Waals surface area contributed by atoms with Crippen LogP contribution >= 0.6 is 0 Å². The van der Waals surface area contributed by atoms with Crippen molar-refractivity contribution in [2.45, 2.75) is 19.3 Å². The highest BCUT2D eigenvalue weighted by Crippen LogP contribution is 2.55. The first-order valence-electron chi connectivity index (χ1n) is 48.8. The summed E-state index contributed by atoms with van der Waals surface area (Å²) >= 11 is 0. The Labute approximate surface area is 823 Å². The highest BCUT2D eigenvalue weighted by Gasteiger charge is 2.37. The molecule has 0 amide bonds. The second kappa shape index (κ2) is 35.3. The smallest absolute Gasteiger partial charge is 0.159 e. The SMILES string of the molecule is CC1(C)c2ccccc2-c2ccc(N(c3ccccc3-c3ccccc3)c3cccc4c3oc3ccc5ccccc5c34)cc21.c1ccc(-c2ccc(-c3ccc(N(c4ccc(-c5cccc6c5oc5ccccc56)cc4)c4ccc(-c5cccc6c5oc5ccccc56)cc4)cc3)cc2)cc1.c1ccc2cc(-c3ccc(-c4c5ccccc5c(-c5cccc6ccccc56)c5ccccc45)cc3)ccc2c1. The monoisotopic (exact) mass is 1810 g/mol. The predicted molar refractivity (Wildman–Crippen MR) is 599 cm³/mol. The number of furan rings is 3. The molecule has 0 radical (unpaired) electrons. The molecule has 0 saturated heterocycles. The highest BCUT2D eigenvalue weighted by molar-refractivity contribution is 6.25. The van der Waals surface area contributed by atoms with Gasteiger partial charge in [0, 0.05) is 77.2 Å². The molecule has 0 fully saturated rings. The van der Waals surface area contributed by atoms with Gasteiger partial charge in [0.1, 0.15) is 27.9 Å². The van der Waals surface area contributed by atoms with Gasteiger partial charge in [0.05, 0.1) is 11.4 Å². The quantitative estimate of drug-likeness (QED) is 0.102. The van der Waals surface area contributed by atoms with Crippen LogP contribution in [0.4, 0.5) is 34.1 Å². The number of para-hydroxylation sites is 6. The van der Waals surface area contributed by atoms with Crippen LogP contribution in [0, 0.1) is 0 Å². The number of hydrogen-bond acceptors (Lipinski definition) is 5. The van der Waals surface area contributed by atoms with E-state index in [9.17, 15) is 0 Å². The minimum Gasteiger partial charge on any atom is -0.455 e. The van der Waals surface area contributed by atoms with Gasteiger partial charge in [-0.1, -0.05) is 451 Å². The molecule has 27 aromatic rings. The Bertz CT molecular complexity index is 9330. The third kappa shape index (κ3) is 14.8. The fourth-order valence-corrected chi connectivity index (χ4v) is 22.1. The average molecular weight is 1810 g/mol. The van der Waals surface area contributed by atoms with E-state index in [2.05, 4.69) is 521 Å². The molecule has 0 N–H and O–H groups in total. The molecule has 1 aliphatic carbocycles. The maximum atomic E-state index is 6.80. The van der Waals surface area contributed by atoms with Gasteiger partial charge in [-0.15, -0.1) is 0 Å². The van der Waals surface area contributed by atoms with Gasteiger partial charge in [-0.05, 0) is 233 Å². The normalized spacial score (nSPS) is 12.1. The summed E-state index contributed by atoms with van der Waals surface area (Å²) in [5, 5.41) is 19.4. The van der Waals surface area contributed by atoms with Gasteiger partial charge in [0.25, 0.3) is 0 Å². The minimum atomic E-state index is -0.114. The van der Waals surface area contributed by atoms with Crippen molar-refractivity contribution in [2.75, 3.05) is 9.80 Å². The van der Waals surface area contributed by atoms with Gasteiger partial charge >= 0.3 is 0 Å². The third-order valence-corrected chi connectivity index (χ3v) is 29.0. The van der Waals surface area contributed by atoms with Gasteiger partial charge in [-0.25, -0.2) is 0 Å². The fourth-order valence-electron chi connectivity index (χ4n) is 22.1. The zero-order valence-corrected chi connectivity index (χ0v) is 78.3. The van der Waals surface area contributed by atoms with Crippen molar-refractivity contribution >= 4 is 154 Å². The second-order valence-electron chi connectivity index (χ2n) is 37.5. The lowest BCUT2D eigenvalue weighted by atomic mass is 9.82. The van der Waals surface area contributed by atoms with Gasteiger partial charge in [0.15, 0.2) is 5.58 Å². The molecule has 142 heavy (non-hydrogen) atoms. The first kappa shape index (κ1) is 84.1. The molecule has 5 nitrogen and oxygen atoms in total. The number of benzene rings is 24. The Kier molecular flexibility index (Phi) is 20.9. The van der Waals surface area contributed by atoms with Crippen LogP contribution in [-0.4, -0.2) is 0 Å². The first-order valence-corrected chi connectivity index (χ1v) is 48.8.